The summed E-state index contributed by atoms with van der Waals surface area (Å²) in [5.41, 5.74) is 1.86. The summed E-state index contributed by atoms with van der Waals surface area (Å²) >= 11 is 0. The van der Waals surface area contributed by atoms with E-state index in [9.17, 15) is 4.79 Å². The molecule has 0 unspecified atom stereocenters. The predicted octanol–water partition coefficient (Wildman–Crippen LogP) is 4.27. The first-order chi connectivity index (χ1) is 12.6. The fourth-order valence-electron chi connectivity index (χ4n) is 6.05. The quantitative estimate of drug-likeness (QED) is 0.868. The molecule has 4 aliphatic carbocycles. The number of nitrogens with one attached hydrogen (secondary N) is 2. The van der Waals surface area contributed by atoms with Crippen LogP contribution in [0, 0.1) is 24.7 Å². The van der Waals surface area contributed by atoms with Crippen LogP contribution >= 0.6 is 0 Å². The Morgan fingerprint density at radius 2 is 1.85 bits per heavy atom. The van der Waals surface area contributed by atoms with Crippen molar-refractivity contribution in [3.63, 3.8) is 0 Å². The van der Waals surface area contributed by atoms with Crippen LogP contribution in [0.5, 0.6) is 0 Å². The number of carbonyl (C=O) groups is 1. The van der Waals surface area contributed by atoms with E-state index in [4.69, 9.17) is 0 Å². The topological polar surface area (TPSA) is 59.0 Å². The summed E-state index contributed by atoms with van der Waals surface area (Å²) in [5, 5.41) is 6.42. The molecule has 5 heteroatoms. The molecule has 4 bridgehead atoms. The minimum atomic E-state index is -0.0635. The number of amides is 2. The normalized spacial score (nSPS) is 31.8. The van der Waals surface area contributed by atoms with E-state index in [-0.39, 0.29) is 11.6 Å². The number of carbonyl (C=O) groups excluding carboxylic acids is 1. The van der Waals surface area contributed by atoms with Gasteiger partial charge in [0.1, 0.15) is 5.82 Å². The smallest absolute Gasteiger partial charge is 0.319 e. The molecule has 0 radical (unpaired) electrons. The molecule has 26 heavy (non-hydrogen) atoms. The summed E-state index contributed by atoms with van der Waals surface area (Å²) in [4.78, 5) is 17.0. The molecule has 1 heterocycles. The van der Waals surface area contributed by atoms with Crippen molar-refractivity contribution in [2.24, 2.45) is 17.8 Å². The summed E-state index contributed by atoms with van der Waals surface area (Å²) in [5.74, 6) is 3.41. The summed E-state index contributed by atoms with van der Waals surface area (Å²) < 4.78 is 2.02. The Hall–Kier alpha value is -2.30. The molecule has 0 saturated heterocycles. The van der Waals surface area contributed by atoms with Gasteiger partial charge in [-0.2, -0.15) is 0 Å². The van der Waals surface area contributed by atoms with Crippen LogP contribution in [0.4, 0.5) is 10.5 Å². The highest BCUT2D eigenvalue weighted by atomic mass is 16.2. The molecule has 1 aromatic heterocycles. The first kappa shape index (κ1) is 15.9. The van der Waals surface area contributed by atoms with Gasteiger partial charge in [0.05, 0.1) is 0 Å². The summed E-state index contributed by atoms with van der Waals surface area (Å²) in [6.45, 7) is 1.97. The van der Waals surface area contributed by atoms with Crippen molar-refractivity contribution in [1.82, 2.24) is 14.9 Å². The number of anilines is 1. The Morgan fingerprint density at radius 3 is 2.46 bits per heavy atom. The Labute approximate surface area is 154 Å². The van der Waals surface area contributed by atoms with Crippen molar-refractivity contribution in [2.75, 3.05) is 5.32 Å². The lowest BCUT2D eigenvalue weighted by atomic mass is 9.53. The SMILES string of the molecule is Cc1nccn1-c1cccc(NC(=O)NC23CC4CC(CC(C4)C2)C3)c1. The van der Waals surface area contributed by atoms with E-state index in [2.05, 4.69) is 15.6 Å². The van der Waals surface area contributed by atoms with Crippen molar-refractivity contribution in [3.05, 3.63) is 42.5 Å². The second-order valence-electron chi connectivity index (χ2n) is 8.67. The van der Waals surface area contributed by atoms with Crippen molar-refractivity contribution >= 4 is 11.7 Å². The zero-order chi connectivity index (χ0) is 17.7. The Bertz CT molecular complexity index is 805. The van der Waals surface area contributed by atoms with Crippen LogP contribution in [0.25, 0.3) is 5.69 Å². The molecule has 1 aromatic carbocycles. The maximum absolute atomic E-state index is 12.7. The Kier molecular flexibility index (Phi) is 3.59. The van der Waals surface area contributed by atoms with Crippen molar-refractivity contribution in [1.29, 1.82) is 0 Å². The molecule has 2 aromatic rings. The van der Waals surface area contributed by atoms with Gasteiger partial charge in [-0.15, -0.1) is 0 Å². The number of imidazole rings is 1. The first-order valence-corrected chi connectivity index (χ1v) is 9.78. The number of hydrogen-bond donors (Lipinski definition) is 2. The molecule has 0 atom stereocenters. The lowest BCUT2D eigenvalue weighted by Crippen LogP contribution is -2.60. The van der Waals surface area contributed by atoms with Crippen molar-refractivity contribution in [2.45, 2.75) is 51.0 Å². The molecule has 4 fully saturated rings. The van der Waals surface area contributed by atoms with E-state index in [1.807, 2.05) is 42.0 Å². The predicted molar refractivity (Wildman–Crippen MR) is 101 cm³/mol. The summed E-state index contributed by atoms with van der Waals surface area (Å²) in [7, 11) is 0. The fourth-order valence-corrected chi connectivity index (χ4v) is 6.05. The average Bonchev–Trinajstić information content (AvgIpc) is 2.99. The number of urea groups is 1. The maximum Gasteiger partial charge on any atom is 0.319 e. The summed E-state index contributed by atoms with van der Waals surface area (Å²) in [6, 6.07) is 7.86. The molecule has 5 nitrogen and oxygen atoms in total. The van der Waals surface area contributed by atoms with Crippen LogP contribution in [0.2, 0.25) is 0 Å². The molecular weight excluding hydrogens is 324 g/mol. The number of benzene rings is 1. The van der Waals surface area contributed by atoms with Crippen molar-refractivity contribution in [3.8, 4) is 5.69 Å². The number of aromatic nitrogens is 2. The van der Waals surface area contributed by atoms with Crippen LogP contribution in [0.3, 0.4) is 0 Å². The van der Waals surface area contributed by atoms with Gasteiger partial charge in [0.15, 0.2) is 0 Å². The second-order valence-corrected chi connectivity index (χ2v) is 8.67. The lowest BCUT2D eigenvalue weighted by Gasteiger charge is -2.56. The third kappa shape index (κ3) is 2.79. The first-order valence-electron chi connectivity index (χ1n) is 9.78. The minimum absolute atomic E-state index is 0.0391. The number of rotatable bonds is 3. The Morgan fingerprint density at radius 1 is 1.15 bits per heavy atom. The van der Waals surface area contributed by atoms with E-state index in [1.54, 1.807) is 6.20 Å². The molecule has 4 saturated carbocycles. The van der Waals surface area contributed by atoms with Gasteiger partial charge in [-0.3, -0.25) is 0 Å². The molecular formula is C21H26N4O. The highest BCUT2D eigenvalue weighted by Gasteiger charge is 2.51. The largest absolute Gasteiger partial charge is 0.332 e. The molecule has 2 amide bonds. The van der Waals surface area contributed by atoms with Crippen molar-refractivity contribution < 1.29 is 4.79 Å². The zero-order valence-corrected chi connectivity index (χ0v) is 15.2. The minimum Gasteiger partial charge on any atom is -0.332 e. The van der Waals surface area contributed by atoms with E-state index < -0.39 is 0 Å². The Balaban J connectivity index is 1.30. The van der Waals surface area contributed by atoms with Gasteiger partial charge in [-0.25, -0.2) is 9.78 Å². The van der Waals surface area contributed by atoms with Crippen LogP contribution in [-0.4, -0.2) is 21.1 Å². The van der Waals surface area contributed by atoms with E-state index in [0.29, 0.717) is 0 Å². The maximum atomic E-state index is 12.7. The molecule has 6 rings (SSSR count). The van der Waals surface area contributed by atoms with Gasteiger partial charge >= 0.3 is 6.03 Å². The van der Waals surface area contributed by atoms with E-state index >= 15 is 0 Å². The van der Waals surface area contributed by atoms with Gasteiger partial charge in [-0.05, 0) is 81.4 Å². The third-order valence-corrected chi connectivity index (χ3v) is 6.62. The van der Waals surface area contributed by atoms with Gasteiger partial charge in [0, 0.05) is 29.3 Å². The van der Waals surface area contributed by atoms with Crippen LogP contribution in [0.15, 0.2) is 36.7 Å². The van der Waals surface area contributed by atoms with Crippen LogP contribution < -0.4 is 10.6 Å². The molecule has 4 aliphatic rings. The highest BCUT2D eigenvalue weighted by Crippen LogP contribution is 2.55. The number of nitrogens with zero attached hydrogens (tertiary/aromatic N) is 2. The number of hydrogen-bond acceptors (Lipinski definition) is 2. The number of aryl methyl sites for hydroxylation is 1. The van der Waals surface area contributed by atoms with Crippen LogP contribution in [0.1, 0.15) is 44.3 Å². The molecule has 2 N–H and O–H groups in total. The fraction of sp³-hybridized carbons (Fsp3) is 0.524. The van der Waals surface area contributed by atoms with Crippen LogP contribution in [-0.2, 0) is 0 Å². The van der Waals surface area contributed by atoms with Gasteiger partial charge in [0.2, 0.25) is 0 Å². The molecule has 136 valence electrons. The van der Waals surface area contributed by atoms with Gasteiger partial charge in [0.25, 0.3) is 0 Å². The zero-order valence-electron chi connectivity index (χ0n) is 15.2. The third-order valence-electron chi connectivity index (χ3n) is 6.62. The highest BCUT2D eigenvalue weighted by molar-refractivity contribution is 5.90. The second kappa shape index (κ2) is 5.86. The average molecular weight is 350 g/mol. The molecule has 0 spiro atoms. The van der Waals surface area contributed by atoms with E-state index in [0.717, 1.165) is 35.0 Å². The van der Waals surface area contributed by atoms with E-state index in [1.165, 1.54) is 38.5 Å². The molecule has 0 aliphatic heterocycles. The summed E-state index contributed by atoms with van der Waals surface area (Å²) in [6.07, 6.45) is 11.4. The monoisotopic (exact) mass is 350 g/mol. The lowest BCUT2D eigenvalue weighted by molar-refractivity contribution is -0.0127. The van der Waals surface area contributed by atoms with Gasteiger partial charge < -0.3 is 15.2 Å². The van der Waals surface area contributed by atoms with Gasteiger partial charge in [-0.1, -0.05) is 6.07 Å². The standard InChI is InChI=1S/C21H26N4O/c1-14-22-5-6-25(14)19-4-2-3-18(10-19)23-20(26)24-21-11-15-7-16(12-21)9-17(8-15)13-21/h2-6,10,15-17H,7-9,11-13H2,1H3,(H2,23,24,26).